The Bertz CT molecular complexity index is 708. The Kier molecular flexibility index (Phi) is 4.67. The molecule has 6 heteroatoms. The summed E-state index contributed by atoms with van der Waals surface area (Å²) >= 11 is 0. The summed E-state index contributed by atoms with van der Waals surface area (Å²) in [7, 11) is 0. The molecule has 0 bridgehead atoms. The van der Waals surface area contributed by atoms with Crippen LogP contribution in [0.3, 0.4) is 0 Å². The third-order valence-corrected chi connectivity index (χ3v) is 4.17. The van der Waals surface area contributed by atoms with Crippen molar-refractivity contribution in [2.24, 2.45) is 0 Å². The van der Waals surface area contributed by atoms with Gasteiger partial charge in [-0.15, -0.1) is 5.10 Å². The van der Waals surface area contributed by atoms with Crippen molar-refractivity contribution in [3.05, 3.63) is 36.0 Å². The lowest BCUT2D eigenvalue weighted by atomic mass is 10.0. The van der Waals surface area contributed by atoms with Crippen LogP contribution in [0.4, 0.5) is 17.5 Å². The van der Waals surface area contributed by atoms with Crippen molar-refractivity contribution in [2.45, 2.75) is 38.6 Å². The van der Waals surface area contributed by atoms with Crippen molar-refractivity contribution in [1.82, 2.24) is 15.2 Å². The molecule has 1 fully saturated rings. The fourth-order valence-electron chi connectivity index (χ4n) is 2.98. The second-order valence-corrected chi connectivity index (χ2v) is 5.71. The van der Waals surface area contributed by atoms with Crippen LogP contribution in [-0.2, 0) is 0 Å². The predicted molar refractivity (Wildman–Crippen MR) is 89.5 cm³/mol. The van der Waals surface area contributed by atoms with Gasteiger partial charge in [0.1, 0.15) is 0 Å². The molecule has 1 atom stereocenters. The molecule has 1 saturated heterocycles. The van der Waals surface area contributed by atoms with Crippen LogP contribution < -0.4 is 10.2 Å². The number of aromatic nitrogens is 3. The molecule has 118 valence electrons. The van der Waals surface area contributed by atoms with Crippen LogP contribution >= 0.6 is 0 Å². The van der Waals surface area contributed by atoms with Gasteiger partial charge in [0, 0.05) is 18.3 Å². The maximum Gasteiger partial charge on any atom is 0.247 e. The standard InChI is InChI=1S/C17H20N6/c1-2-15-8-3-4-9-23(15)17-21-16(12-19-22-17)20-14-7-5-6-13(10-14)11-18/h5-7,10,12,15H,2-4,8-9H2,1H3,(H,20,21,22). The number of nitrogens with one attached hydrogen (secondary N) is 1. The van der Waals surface area contributed by atoms with E-state index in [2.05, 4.69) is 38.4 Å². The van der Waals surface area contributed by atoms with Gasteiger partial charge in [0.15, 0.2) is 5.82 Å². The first-order valence-electron chi connectivity index (χ1n) is 8.03. The fourth-order valence-corrected chi connectivity index (χ4v) is 2.98. The lowest BCUT2D eigenvalue weighted by Crippen LogP contribution is -2.40. The first kappa shape index (κ1) is 15.2. The van der Waals surface area contributed by atoms with Crippen molar-refractivity contribution in [3.63, 3.8) is 0 Å². The van der Waals surface area contributed by atoms with E-state index in [1.165, 1.54) is 19.3 Å². The molecular formula is C17H20N6. The molecule has 2 heterocycles. The Balaban J connectivity index is 1.80. The maximum atomic E-state index is 8.98. The van der Waals surface area contributed by atoms with Gasteiger partial charge in [-0.1, -0.05) is 13.0 Å². The molecule has 0 radical (unpaired) electrons. The maximum absolute atomic E-state index is 8.98. The third-order valence-electron chi connectivity index (χ3n) is 4.17. The Hall–Kier alpha value is -2.68. The first-order valence-corrected chi connectivity index (χ1v) is 8.03. The van der Waals surface area contributed by atoms with E-state index in [0.29, 0.717) is 23.4 Å². The van der Waals surface area contributed by atoms with Crippen LogP contribution in [-0.4, -0.2) is 27.8 Å². The average molecular weight is 308 g/mol. The highest BCUT2D eigenvalue weighted by Crippen LogP contribution is 2.24. The molecule has 3 rings (SSSR count). The number of nitriles is 1. The zero-order valence-electron chi connectivity index (χ0n) is 13.2. The molecule has 6 nitrogen and oxygen atoms in total. The van der Waals surface area contributed by atoms with Crippen molar-refractivity contribution >= 4 is 17.5 Å². The number of hydrogen-bond acceptors (Lipinski definition) is 6. The molecule has 1 unspecified atom stereocenters. The van der Waals surface area contributed by atoms with E-state index in [1.807, 2.05) is 12.1 Å². The highest BCUT2D eigenvalue weighted by atomic mass is 15.3. The molecule has 1 aromatic carbocycles. The van der Waals surface area contributed by atoms with Gasteiger partial charge in [0.2, 0.25) is 5.95 Å². The lowest BCUT2D eigenvalue weighted by molar-refractivity contribution is 0.442. The largest absolute Gasteiger partial charge is 0.339 e. The van der Waals surface area contributed by atoms with Gasteiger partial charge in [0.05, 0.1) is 17.8 Å². The molecule has 0 spiro atoms. The van der Waals surface area contributed by atoms with Gasteiger partial charge in [-0.05, 0) is 43.9 Å². The molecule has 0 saturated carbocycles. The van der Waals surface area contributed by atoms with Gasteiger partial charge in [0.25, 0.3) is 0 Å². The minimum Gasteiger partial charge on any atom is -0.339 e. The molecule has 23 heavy (non-hydrogen) atoms. The second-order valence-electron chi connectivity index (χ2n) is 5.71. The van der Waals surface area contributed by atoms with Crippen molar-refractivity contribution in [3.8, 4) is 6.07 Å². The third kappa shape index (κ3) is 3.57. The topological polar surface area (TPSA) is 77.7 Å². The summed E-state index contributed by atoms with van der Waals surface area (Å²) in [6, 6.07) is 9.93. The number of anilines is 3. The Labute approximate surface area is 136 Å². The van der Waals surface area contributed by atoms with E-state index < -0.39 is 0 Å². The average Bonchev–Trinajstić information content (AvgIpc) is 2.62. The normalized spacial score (nSPS) is 17.6. The SMILES string of the molecule is CCC1CCCCN1c1nncc(Nc2cccc(C#N)c2)n1. The summed E-state index contributed by atoms with van der Waals surface area (Å²) in [6.07, 6.45) is 6.31. The second kappa shape index (κ2) is 7.05. The molecular weight excluding hydrogens is 288 g/mol. The summed E-state index contributed by atoms with van der Waals surface area (Å²) in [5, 5.41) is 20.5. The molecule has 1 aliphatic rings. The number of hydrogen-bond donors (Lipinski definition) is 1. The Morgan fingerprint density at radius 1 is 1.39 bits per heavy atom. The molecule has 0 aliphatic carbocycles. The zero-order valence-corrected chi connectivity index (χ0v) is 13.2. The number of rotatable bonds is 4. The van der Waals surface area contributed by atoms with Crippen molar-refractivity contribution < 1.29 is 0 Å². The monoisotopic (exact) mass is 308 g/mol. The van der Waals surface area contributed by atoms with Gasteiger partial charge < -0.3 is 10.2 Å². The van der Waals surface area contributed by atoms with Crippen LogP contribution in [0.15, 0.2) is 30.5 Å². The van der Waals surface area contributed by atoms with Crippen LogP contribution in [0.2, 0.25) is 0 Å². The first-order chi connectivity index (χ1) is 11.3. The fraction of sp³-hybridized carbons (Fsp3) is 0.412. The number of nitrogens with zero attached hydrogens (tertiary/aromatic N) is 5. The summed E-state index contributed by atoms with van der Waals surface area (Å²) in [4.78, 5) is 6.86. The lowest BCUT2D eigenvalue weighted by Gasteiger charge is -2.34. The van der Waals surface area contributed by atoms with E-state index in [1.54, 1.807) is 18.3 Å². The van der Waals surface area contributed by atoms with E-state index in [0.717, 1.165) is 18.7 Å². The molecule has 2 aromatic rings. The van der Waals surface area contributed by atoms with E-state index >= 15 is 0 Å². The van der Waals surface area contributed by atoms with Crippen LogP contribution in [0.5, 0.6) is 0 Å². The molecule has 1 N–H and O–H groups in total. The zero-order chi connectivity index (χ0) is 16.1. The summed E-state index contributed by atoms with van der Waals surface area (Å²) in [5.41, 5.74) is 1.43. The van der Waals surface area contributed by atoms with Crippen LogP contribution in [0, 0.1) is 11.3 Å². The molecule has 1 aliphatic heterocycles. The highest BCUT2D eigenvalue weighted by Gasteiger charge is 2.23. The van der Waals surface area contributed by atoms with E-state index in [-0.39, 0.29) is 0 Å². The summed E-state index contributed by atoms with van der Waals surface area (Å²) in [5.74, 6) is 1.32. The predicted octanol–water partition coefficient (Wildman–Crippen LogP) is 3.26. The van der Waals surface area contributed by atoms with Gasteiger partial charge in [-0.25, -0.2) is 0 Å². The van der Waals surface area contributed by atoms with Crippen LogP contribution in [0.1, 0.15) is 38.2 Å². The van der Waals surface area contributed by atoms with Gasteiger partial charge in [-0.3, -0.25) is 0 Å². The van der Waals surface area contributed by atoms with Gasteiger partial charge in [-0.2, -0.15) is 15.3 Å². The van der Waals surface area contributed by atoms with Gasteiger partial charge >= 0.3 is 0 Å². The highest BCUT2D eigenvalue weighted by molar-refractivity contribution is 5.58. The van der Waals surface area contributed by atoms with E-state index in [4.69, 9.17) is 5.26 Å². The summed E-state index contributed by atoms with van der Waals surface area (Å²) < 4.78 is 0. The van der Waals surface area contributed by atoms with Crippen molar-refractivity contribution in [2.75, 3.05) is 16.8 Å². The minimum absolute atomic E-state index is 0.489. The van der Waals surface area contributed by atoms with Crippen molar-refractivity contribution in [1.29, 1.82) is 5.26 Å². The van der Waals surface area contributed by atoms with E-state index in [9.17, 15) is 0 Å². The quantitative estimate of drug-likeness (QED) is 0.934. The number of piperidine rings is 1. The number of benzene rings is 1. The Morgan fingerprint density at radius 2 is 2.30 bits per heavy atom. The molecule has 1 aromatic heterocycles. The molecule has 0 amide bonds. The summed E-state index contributed by atoms with van der Waals surface area (Å²) in [6.45, 7) is 3.18. The Morgan fingerprint density at radius 3 is 3.13 bits per heavy atom. The smallest absolute Gasteiger partial charge is 0.247 e. The minimum atomic E-state index is 0.489. The van der Waals surface area contributed by atoms with Crippen LogP contribution in [0.25, 0.3) is 0 Å².